The monoisotopic (exact) mass is 316 g/mol. The van der Waals surface area contributed by atoms with Crippen molar-refractivity contribution in [3.8, 4) is 0 Å². The first-order chi connectivity index (χ1) is 11.3. The van der Waals surface area contributed by atoms with Crippen LogP contribution in [0.15, 0.2) is 30.3 Å². The number of ether oxygens (including phenoxy) is 2. The fourth-order valence-corrected chi connectivity index (χ4v) is 3.10. The fraction of sp³-hybridized carbons (Fsp3) is 0.526. The molecule has 1 aromatic heterocycles. The molecule has 0 saturated carbocycles. The molecule has 126 valence electrons. The van der Waals surface area contributed by atoms with Crippen LogP contribution < -0.4 is 0 Å². The lowest BCUT2D eigenvalue weighted by molar-refractivity contribution is -0.109. The molecule has 0 fully saturated rings. The molecule has 2 aromatic rings. The summed E-state index contributed by atoms with van der Waals surface area (Å²) in [6, 6.07) is 10.5. The molecule has 23 heavy (non-hydrogen) atoms. The van der Waals surface area contributed by atoms with E-state index < -0.39 is 0 Å². The second kappa shape index (κ2) is 8.85. The first-order valence-corrected chi connectivity index (χ1v) is 8.51. The van der Waals surface area contributed by atoms with Gasteiger partial charge in [0.05, 0.1) is 6.54 Å². The molecule has 1 heterocycles. The lowest BCUT2D eigenvalue weighted by Gasteiger charge is -2.16. The highest BCUT2D eigenvalue weighted by Crippen LogP contribution is 2.30. The van der Waals surface area contributed by atoms with Crippen molar-refractivity contribution in [2.24, 2.45) is 0 Å². The Morgan fingerprint density at radius 1 is 1.04 bits per heavy atom. The van der Waals surface area contributed by atoms with Gasteiger partial charge in [0.15, 0.2) is 0 Å². The van der Waals surface area contributed by atoms with Crippen LogP contribution in [0.1, 0.15) is 55.5 Å². The van der Waals surface area contributed by atoms with Gasteiger partial charge in [-0.15, -0.1) is 0 Å². The van der Waals surface area contributed by atoms with E-state index in [9.17, 15) is 0 Å². The molecule has 1 aliphatic rings. The van der Waals surface area contributed by atoms with E-state index in [1.807, 2.05) is 19.9 Å². The summed E-state index contributed by atoms with van der Waals surface area (Å²) in [6.45, 7) is 4.81. The van der Waals surface area contributed by atoms with Crippen LogP contribution in [0.3, 0.4) is 0 Å². The van der Waals surface area contributed by atoms with Gasteiger partial charge >= 0.3 is 0 Å². The molecule has 1 aromatic carbocycles. The maximum Gasteiger partial charge on any atom is 0.202 e. The predicted molar refractivity (Wildman–Crippen MR) is 92.5 cm³/mol. The van der Waals surface area contributed by atoms with Gasteiger partial charge in [-0.05, 0) is 31.2 Å². The third kappa shape index (κ3) is 4.01. The molecule has 0 bridgehead atoms. The number of benzene rings is 1. The second-order valence-electron chi connectivity index (χ2n) is 5.46. The minimum absolute atomic E-state index is 0.367. The Morgan fingerprint density at radius 2 is 1.70 bits per heavy atom. The van der Waals surface area contributed by atoms with E-state index in [1.54, 1.807) is 14.2 Å². The van der Waals surface area contributed by atoms with Crippen LogP contribution in [-0.2, 0) is 28.9 Å². The van der Waals surface area contributed by atoms with Crippen molar-refractivity contribution in [3.63, 3.8) is 0 Å². The van der Waals surface area contributed by atoms with Crippen molar-refractivity contribution in [1.29, 1.82) is 0 Å². The molecule has 0 unspecified atom stereocenters. The maximum absolute atomic E-state index is 5.42. The molecule has 4 nitrogen and oxygen atoms in total. The molecule has 0 amide bonds. The highest BCUT2D eigenvalue weighted by Gasteiger charge is 2.25. The quantitative estimate of drug-likeness (QED) is 0.778. The number of hydrogen-bond acceptors (Lipinski definition) is 3. The number of methoxy groups -OCH3 is 2. The number of nitrogens with zero attached hydrogens (tertiary/aromatic N) is 2. The van der Waals surface area contributed by atoms with Crippen molar-refractivity contribution in [2.45, 2.75) is 52.4 Å². The van der Waals surface area contributed by atoms with Crippen LogP contribution in [0.4, 0.5) is 0 Å². The van der Waals surface area contributed by atoms with Gasteiger partial charge in [-0.3, -0.25) is 4.68 Å². The van der Waals surface area contributed by atoms with Crippen LogP contribution in [0.25, 0.3) is 0 Å². The summed E-state index contributed by atoms with van der Waals surface area (Å²) in [6.07, 6.45) is 4.25. The zero-order valence-corrected chi connectivity index (χ0v) is 14.7. The Kier molecular flexibility index (Phi) is 6.81. The number of rotatable bonds is 5. The number of fused-ring (bicyclic) bond motifs is 1. The molecule has 0 aliphatic heterocycles. The molecule has 0 atom stereocenters. The van der Waals surface area contributed by atoms with Gasteiger partial charge in [0.25, 0.3) is 0 Å². The standard InChI is InChI=1S/C17H22N2O2.C2H6/c1-20-17(21-2)16-14-10-6-7-11-15(14)19(18-16)12-13-8-4-3-5-9-13;1-2/h3-5,8-9,17H,6-7,10-12H2,1-2H3;1-2H3. The van der Waals surface area contributed by atoms with Crippen molar-refractivity contribution in [1.82, 2.24) is 9.78 Å². The smallest absolute Gasteiger partial charge is 0.202 e. The molecule has 0 saturated heterocycles. The topological polar surface area (TPSA) is 36.3 Å². The number of aromatic nitrogens is 2. The molecule has 4 heteroatoms. The van der Waals surface area contributed by atoms with E-state index in [1.165, 1.54) is 29.7 Å². The van der Waals surface area contributed by atoms with E-state index in [-0.39, 0.29) is 6.29 Å². The summed E-state index contributed by atoms with van der Waals surface area (Å²) in [5.41, 5.74) is 4.89. The van der Waals surface area contributed by atoms with E-state index in [4.69, 9.17) is 14.6 Å². The van der Waals surface area contributed by atoms with Gasteiger partial charge in [-0.25, -0.2) is 0 Å². The average Bonchev–Trinajstić information content (AvgIpc) is 2.98. The van der Waals surface area contributed by atoms with E-state index in [0.717, 1.165) is 25.1 Å². The Hall–Kier alpha value is -1.65. The van der Waals surface area contributed by atoms with Gasteiger partial charge in [-0.1, -0.05) is 44.2 Å². The minimum atomic E-state index is -0.367. The summed E-state index contributed by atoms with van der Waals surface area (Å²) in [4.78, 5) is 0. The van der Waals surface area contributed by atoms with Gasteiger partial charge in [0.2, 0.25) is 6.29 Å². The Balaban J connectivity index is 0.000000924. The largest absolute Gasteiger partial charge is 0.350 e. The van der Waals surface area contributed by atoms with Gasteiger partial charge < -0.3 is 9.47 Å². The minimum Gasteiger partial charge on any atom is -0.350 e. The van der Waals surface area contributed by atoms with E-state index in [2.05, 4.69) is 28.9 Å². The summed E-state index contributed by atoms with van der Waals surface area (Å²) in [5.74, 6) is 0. The fourth-order valence-electron chi connectivity index (χ4n) is 3.10. The lowest BCUT2D eigenvalue weighted by Crippen LogP contribution is -2.10. The van der Waals surface area contributed by atoms with Crippen LogP contribution >= 0.6 is 0 Å². The maximum atomic E-state index is 5.42. The summed E-state index contributed by atoms with van der Waals surface area (Å²) in [5, 5.41) is 4.80. The molecular weight excluding hydrogens is 288 g/mol. The second-order valence-corrected chi connectivity index (χ2v) is 5.46. The highest BCUT2D eigenvalue weighted by atomic mass is 16.7. The normalized spacial score (nSPS) is 13.4. The molecule has 0 N–H and O–H groups in total. The molecule has 0 spiro atoms. The Labute approximate surface area is 139 Å². The first-order valence-electron chi connectivity index (χ1n) is 8.51. The van der Waals surface area contributed by atoms with Crippen molar-refractivity contribution in [3.05, 3.63) is 52.8 Å². The van der Waals surface area contributed by atoms with Crippen molar-refractivity contribution in [2.75, 3.05) is 14.2 Å². The Morgan fingerprint density at radius 3 is 2.35 bits per heavy atom. The van der Waals surface area contributed by atoms with E-state index in [0.29, 0.717) is 0 Å². The molecule has 1 aliphatic carbocycles. The summed E-state index contributed by atoms with van der Waals surface area (Å²) >= 11 is 0. The summed E-state index contributed by atoms with van der Waals surface area (Å²) in [7, 11) is 3.33. The summed E-state index contributed by atoms with van der Waals surface area (Å²) < 4.78 is 13.0. The van der Waals surface area contributed by atoms with Gasteiger partial charge in [0.1, 0.15) is 5.69 Å². The highest BCUT2D eigenvalue weighted by molar-refractivity contribution is 5.30. The van der Waals surface area contributed by atoms with Gasteiger partial charge in [-0.2, -0.15) is 5.10 Å². The molecule has 0 radical (unpaired) electrons. The third-order valence-electron chi connectivity index (χ3n) is 4.11. The molecule has 3 rings (SSSR count). The lowest BCUT2D eigenvalue weighted by atomic mass is 9.95. The van der Waals surface area contributed by atoms with Gasteiger partial charge in [0, 0.05) is 25.5 Å². The van der Waals surface area contributed by atoms with Crippen LogP contribution in [0.5, 0.6) is 0 Å². The first kappa shape index (κ1) is 17.7. The van der Waals surface area contributed by atoms with E-state index >= 15 is 0 Å². The Bertz CT molecular complexity index is 589. The zero-order valence-electron chi connectivity index (χ0n) is 14.7. The van der Waals surface area contributed by atoms with Crippen LogP contribution in [-0.4, -0.2) is 24.0 Å². The van der Waals surface area contributed by atoms with Crippen molar-refractivity contribution >= 4 is 0 Å². The van der Waals surface area contributed by atoms with Crippen LogP contribution in [0, 0.1) is 0 Å². The predicted octanol–water partition coefficient (Wildman–Crippen LogP) is 4.13. The number of hydrogen-bond donors (Lipinski definition) is 0. The van der Waals surface area contributed by atoms with Crippen molar-refractivity contribution < 1.29 is 9.47 Å². The van der Waals surface area contributed by atoms with Crippen LogP contribution in [0.2, 0.25) is 0 Å². The molecular formula is C19H28N2O2. The SMILES string of the molecule is CC.COC(OC)c1nn(Cc2ccccc2)c2c1CCCC2. The average molecular weight is 316 g/mol. The third-order valence-corrected chi connectivity index (χ3v) is 4.11. The zero-order chi connectivity index (χ0) is 16.7.